The lowest BCUT2D eigenvalue weighted by molar-refractivity contribution is 0.0708. The molecule has 0 N–H and O–H groups in total. The fourth-order valence-corrected chi connectivity index (χ4v) is 4.52. The van der Waals surface area contributed by atoms with E-state index in [0.29, 0.717) is 36.1 Å². The molecular weight excluding hydrogens is 434 g/mol. The summed E-state index contributed by atoms with van der Waals surface area (Å²) in [6.07, 6.45) is 0.673. The van der Waals surface area contributed by atoms with E-state index in [1.54, 1.807) is 12.0 Å². The lowest BCUT2D eigenvalue weighted by atomic mass is 9.97. The monoisotopic (exact) mass is 455 g/mol. The summed E-state index contributed by atoms with van der Waals surface area (Å²) in [7, 11) is 1.63. The summed E-state index contributed by atoms with van der Waals surface area (Å²) in [5.74, 6) is -0.100. The lowest BCUT2D eigenvalue weighted by Gasteiger charge is -2.25. The van der Waals surface area contributed by atoms with E-state index in [4.69, 9.17) is 9.15 Å². The highest BCUT2D eigenvalue weighted by Gasteiger charge is 2.42. The van der Waals surface area contributed by atoms with Crippen molar-refractivity contribution in [3.63, 3.8) is 0 Å². The van der Waals surface area contributed by atoms with Gasteiger partial charge in [-0.05, 0) is 55.2 Å². The van der Waals surface area contributed by atoms with Gasteiger partial charge in [-0.2, -0.15) is 0 Å². The summed E-state index contributed by atoms with van der Waals surface area (Å²) in [6.45, 7) is 4.86. The van der Waals surface area contributed by atoms with Crippen molar-refractivity contribution in [1.82, 2.24) is 4.90 Å². The summed E-state index contributed by atoms with van der Waals surface area (Å²) in [5.41, 5.74) is 3.48. The van der Waals surface area contributed by atoms with Crippen LogP contribution in [0.3, 0.4) is 0 Å². The molecule has 0 fully saturated rings. The molecule has 150 valence electrons. The number of amides is 1. The van der Waals surface area contributed by atoms with Crippen LogP contribution in [0, 0.1) is 13.8 Å². The van der Waals surface area contributed by atoms with E-state index in [9.17, 15) is 9.59 Å². The molecule has 1 atom stereocenters. The average molecular weight is 456 g/mol. The molecule has 0 saturated heterocycles. The van der Waals surface area contributed by atoms with Crippen molar-refractivity contribution in [2.45, 2.75) is 26.3 Å². The number of nitrogens with zero attached hydrogens (tertiary/aromatic N) is 1. The van der Waals surface area contributed by atoms with Crippen molar-refractivity contribution < 1.29 is 13.9 Å². The van der Waals surface area contributed by atoms with Gasteiger partial charge in [-0.1, -0.05) is 34.1 Å². The fraction of sp³-hybridized carbons (Fsp3) is 0.304. The smallest absolute Gasteiger partial charge is 0.290 e. The van der Waals surface area contributed by atoms with Crippen LogP contribution in [0.2, 0.25) is 0 Å². The molecule has 1 aliphatic heterocycles. The summed E-state index contributed by atoms with van der Waals surface area (Å²) < 4.78 is 12.1. The molecule has 0 bridgehead atoms. The predicted octanol–water partition coefficient (Wildman–Crippen LogP) is 4.75. The molecule has 1 unspecified atom stereocenters. The molecule has 2 aromatic carbocycles. The van der Waals surface area contributed by atoms with Crippen LogP contribution >= 0.6 is 15.9 Å². The van der Waals surface area contributed by atoms with Gasteiger partial charge in [0.2, 0.25) is 5.76 Å². The molecular formula is C23H22BrNO4. The quantitative estimate of drug-likeness (QED) is 0.520. The van der Waals surface area contributed by atoms with Gasteiger partial charge in [0, 0.05) is 24.7 Å². The Bertz CT molecular complexity index is 1170. The van der Waals surface area contributed by atoms with Gasteiger partial charge in [-0.15, -0.1) is 0 Å². The first-order chi connectivity index (χ1) is 13.9. The van der Waals surface area contributed by atoms with Crippen molar-refractivity contribution in [3.8, 4) is 0 Å². The van der Waals surface area contributed by atoms with Gasteiger partial charge in [-0.25, -0.2) is 0 Å². The van der Waals surface area contributed by atoms with Crippen LogP contribution in [0.5, 0.6) is 0 Å². The van der Waals surface area contributed by atoms with Crippen LogP contribution in [0.1, 0.15) is 45.3 Å². The molecule has 0 spiro atoms. The largest absolute Gasteiger partial charge is 0.450 e. The third-order valence-electron chi connectivity index (χ3n) is 5.31. The molecule has 1 amide bonds. The number of methoxy groups -OCH3 is 1. The van der Waals surface area contributed by atoms with E-state index in [0.717, 1.165) is 21.2 Å². The van der Waals surface area contributed by atoms with Gasteiger partial charge < -0.3 is 14.1 Å². The molecule has 0 radical (unpaired) electrons. The number of halogens is 1. The number of carbonyl (C=O) groups excluding carboxylic acids is 1. The SMILES string of the molecule is COCCCN1C(=O)c2oc3c(C)cc(C)cc3c(=O)c2C1c1cccc(Br)c1. The van der Waals surface area contributed by atoms with Gasteiger partial charge in [0.1, 0.15) is 5.58 Å². The highest BCUT2D eigenvalue weighted by atomic mass is 79.9. The maximum atomic E-state index is 13.5. The second-order valence-electron chi connectivity index (χ2n) is 7.43. The van der Waals surface area contributed by atoms with Crippen molar-refractivity contribution in [1.29, 1.82) is 0 Å². The number of fused-ring (bicyclic) bond motifs is 2. The Morgan fingerprint density at radius 3 is 2.69 bits per heavy atom. The molecule has 1 aromatic heterocycles. The summed E-state index contributed by atoms with van der Waals surface area (Å²) in [5, 5.41) is 0.521. The normalized spacial score (nSPS) is 15.9. The molecule has 2 heterocycles. The number of hydrogen-bond acceptors (Lipinski definition) is 4. The van der Waals surface area contributed by atoms with Gasteiger partial charge in [0.05, 0.1) is 17.0 Å². The van der Waals surface area contributed by atoms with Crippen molar-refractivity contribution >= 4 is 32.8 Å². The van der Waals surface area contributed by atoms with Gasteiger partial charge in [0.25, 0.3) is 5.91 Å². The highest BCUT2D eigenvalue weighted by Crippen LogP contribution is 2.39. The van der Waals surface area contributed by atoms with Gasteiger partial charge in [0.15, 0.2) is 5.43 Å². The van der Waals surface area contributed by atoms with Gasteiger partial charge in [-0.3, -0.25) is 9.59 Å². The Morgan fingerprint density at radius 2 is 1.97 bits per heavy atom. The lowest BCUT2D eigenvalue weighted by Crippen LogP contribution is -2.31. The minimum Gasteiger partial charge on any atom is -0.450 e. The summed E-state index contributed by atoms with van der Waals surface area (Å²) in [6, 6.07) is 11.0. The summed E-state index contributed by atoms with van der Waals surface area (Å²) >= 11 is 3.50. The zero-order valence-corrected chi connectivity index (χ0v) is 18.2. The van der Waals surface area contributed by atoms with E-state index < -0.39 is 6.04 Å². The average Bonchev–Trinajstić information content (AvgIpc) is 2.96. The number of rotatable bonds is 5. The molecule has 1 aliphatic rings. The number of carbonyl (C=O) groups is 1. The molecule has 3 aromatic rings. The topological polar surface area (TPSA) is 59.8 Å². The van der Waals surface area contributed by atoms with E-state index in [-0.39, 0.29) is 17.1 Å². The van der Waals surface area contributed by atoms with Crippen LogP contribution in [0.4, 0.5) is 0 Å². The number of benzene rings is 2. The maximum Gasteiger partial charge on any atom is 0.290 e. The van der Waals surface area contributed by atoms with Crippen LogP contribution in [0.15, 0.2) is 50.1 Å². The molecule has 29 heavy (non-hydrogen) atoms. The predicted molar refractivity (Wildman–Crippen MR) is 115 cm³/mol. The zero-order chi connectivity index (χ0) is 20.7. The third-order valence-corrected chi connectivity index (χ3v) is 5.80. The first-order valence-electron chi connectivity index (χ1n) is 9.55. The number of aryl methyl sites for hydroxylation is 2. The van der Waals surface area contributed by atoms with Crippen LogP contribution in [-0.2, 0) is 4.74 Å². The standard InChI is InChI=1S/C23H22BrNO4/c1-13-10-14(2)21-17(11-13)20(26)18-19(15-6-4-7-16(24)12-15)25(8-5-9-28-3)23(27)22(18)29-21/h4,6-7,10-12,19H,5,8-9H2,1-3H3. The first kappa shape index (κ1) is 19.9. The number of hydrogen-bond donors (Lipinski definition) is 0. The molecule has 6 heteroatoms. The zero-order valence-electron chi connectivity index (χ0n) is 16.6. The molecule has 0 aliphatic carbocycles. The second kappa shape index (κ2) is 7.76. The highest BCUT2D eigenvalue weighted by molar-refractivity contribution is 9.10. The van der Waals surface area contributed by atoms with Crippen molar-refractivity contribution in [3.05, 3.63) is 79.1 Å². The Morgan fingerprint density at radius 1 is 1.17 bits per heavy atom. The van der Waals surface area contributed by atoms with E-state index in [1.807, 2.05) is 50.2 Å². The number of ether oxygens (including phenoxy) is 1. The van der Waals surface area contributed by atoms with Crippen molar-refractivity contribution in [2.75, 3.05) is 20.3 Å². The van der Waals surface area contributed by atoms with E-state index in [1.165, 1.54) is 0 Å². The Kier molecular flexibility index (Phi) is 5.32. The van der Waals surface area contributed by atoms with Crippen LogP contribution in [-0.4, -0.2) is 31.1 Å². The maximum absolute atomic E-state index is 13.5. The van der Waals surface area contributed by atoms with Crippen molar-refractivity contribution in [2.24, 2.45) is 0 Å². The Balaban J connectivity index is 1.96. The molecule has 0 saturated carbocycles. The van der Waals surface area contributed by atoms with Crippen LogP contribution in [0.25, 0.3) is 11.0 Å². The Hall–Kier alpha value is -2.44. The summed E-state index contributed by atoms with van der Waals surface area (Å²) in [4.78, 5) is 28.5. The third kappa shape index (κ3) is 3.40. The first-order valence-corrected chi connectivity index (χ1v) is 10.3. The van der Waals surface area contributed by atoms with E-state index >= 15 is 0 Å². The second-order valence-corrected chi connectivity index (χ2v) is 8.35. The Labute approximate surface area is 177 Å². The van der Waals surface area contributed by atoms with E-state index in [2.05, 4.69) is 15.9 Å². The fourth-order valence-electron chi connectivity index (χ4n) is 4.11. The molecule has 5 nitrogen and oxygen atoms in total. The van der Waals surface area contributed by atoms with Crippen LogP contribution < -0.4 is 5.43 Å². The minimum atomic E-state index is -0.478. The van der Waals surface area contributed by atoms with Gasteiger partial charge >= 0.3 is 0 Å². The molecule has 4 rings (SSSR count). The minimum absolute atomic E-state index is 0.138.